The number of hydrogen-bond acceptors (Lipinski definition) is 1. The number of nitrogens with zero attached hydrogens (tertiary/aromatic N) is 2. The third-order valence-corrected chi connectivity index (χ3v) is 1.67. The van der Waals surface area contributed by atoms with Crippen LogP contribution in [0.3, 0.4) is 0 Å². The van der Waals surface area contributed by atoms with Crippen LogP contribution in [0.2, 0.25) is 0 Å². The number of benzene rings is 1. The summed E-state index contributed by atoms with van der Waals surface area (Å²) in [5, 5.41) is 8.58. The molecule has 0 aliphatic carbocycles. The van der Waals surface area contributed by atoms with Gasteiger partial charge in [0.05, 0.1) is 18.2 Å². The molecule has 1 radical (unpaired) electrons. The Kier molecular flexibility index (Phi) is 2.69. The zero-order chi connectivity index (χ0) is 9.90. The Bertz CT molecular complexity index is 311. The predicted molar refractivity (Wildman–Crippen MR) is 51.3 cm³/mol. The van der Waals surface area contributed by atoms with Gasteiger partial charge in [-0.3, -0.25) is 0 Å². The van der Waals surface area contributed by atoms with E-state index in [0.29, 0.717) is 10.0 Å². The fraction of sp³-hybridized carbons (Fsp3) is 0.273. The first-order chi connectivity index (χ1) is 6.01. The normalized spacial score (nSPS) is 10.9. The van der Waals surface area contributed by atoms with Crippen molar-refractivity contribution >= 4 is 0 Å². The van der Waals surface area contributed by atoms with Gasteiger partial charge in [0.2, 0.25) is 0 Å². The third-order valence-electron chi connectivity index (χ3n) is 1.67. The summed E-state index contributed by atoms with van der Waals surface area (Å²) in [5.41, 5.74) is 1.83. The Balaban J connectivity index is 2.77. The molecule has 67 valence electrons. The lowest BCUT2D eigenvalue weighted by molar-refractivity contribution is -0.859. The Morgan fingerprint density at radius 2 is 1.85 bits per heavy atom. The molecule has 0 heterocycles. The van der Waals surface area contributed by atoms with Crippen LogP contribution >= 0.6 is 0 Å². The monoisotopic (exact) mass is 173 g/mol. The second-order valence-electron chi connectivity index (χ2n) is 3.75. The fourth-order valence-electron chi connectivity index (χ4n) is 1.16. The number of quaternary nitrogens is 1. The van der Waals surface area contributed by atoms with Crippen LogP contribution in [-0.2, 0) is 6.54 Å². The summed E-state index contributed by atoms with van der Waals surface area (Å²) in [5.74, 6) is 0. The van der Waals surface area contributed by atoms with E-state index < -0.39 is 0 Å². The molecule has 1 aromatic carbocycles. The number of hydrogen-bond donors (Lipinski definition) is 0. The first-order valence-corrected chi connectivity index (χ1v) is 4.12. The fourth-order valence-corrected chi connectivity index (χ4v) is 1.16. The lowest BCUT2D eigenvalue weighted by Gasteiger charge is -2.34. The quantitative estimate of drug-likeness (QED) is 0.494. The molecule has 13 heavy (non-hydrogen) atoms. The van der Waals surface area contributed by atoms with Gasteiger partial charge in [0.1, 0.15) is 0 Å². The molecule has 1 rings (SSSR count). The largest absolute Gasteiger partial charge is 0.478 e. The van der Waals surface area contributed by atoms with Crippen LogP contribution in [0.4, 0.5) is 0 Å². The van der Waals surface area contributed by atoms with E-state index in [2.05, 4.69) is 6.07 Å². The molecule has 0 atom stereocenters. The Hall–Kier alpha value is -1.33. The molecule has 1 aromatic rings. The van der Waals surface area contributed by atoms with Crippen molar-refractivity contribution in [2.24, 2.45) is 0 Å². The SMILES string of the molecule is [CH-][N+](C)(C)Cc1ccc(C#N)cc1. The molecular formula is C11H13N2. The Morgan fingerprint density at radius 3 is 2.23 bits per heavy atom. The summed E-state index contributed by atoms with van der Waals surface area (Å²) in [7, 11) is 9.67. The summed E-state index contributed by atoms with van der Waals surface area (Å²) in [6, 6.07) is 9.57. The van der Waals surface area contributed by atoms with Crippen molar-refractivity contribution in [2.75, 3.05) is 14.1 Å². The Labute approximate surface area is 79.6 Å². The van der Waals surface area contributed by atoms with Crippen molar-refractivity contribution in [3.63, 3.8) is 0 Å². The first-order valence-electron chi connectivity index (χ1n) is 4.12. The summed E-state index contributed by atoms with van der Waals surface area (Å²) >= 11 is 0. The second-order valence-corrected chi connectivity index (χ2v) is 3.75. The van der Waals surface area contributed by atoms with Gasteiger partial charge in [-0.1, -0.05) is 12.1 Å². The summed E-state index contributed by atoms with van der Waals surface area (Å²) in [6.07, 6.45) is 0. The summed E-state index contributed by atoms with van der Waals surface area (Å²) in [4.78, 5) is 0. The van der Waals surface area contributed by atoms with Crippen molar-refractivity contribution in [1.82, 2.24) is 0 Å². The number of nitriles is 1. The molecular weight excluding hydrogens is 160 g/mol. The van der Waals surface area contributed by atoms with Crippen molar-refractivity contribution in [3.05, 3.63) is 42.4 Å². The highest BCUT2D eigenvalue weighted by molar-refractivity contribution is 5.31. The van der Waals surface area contributed by atoms with Crippen LogP contribution in [0.25, 0.3) is 0 Å². The predicted octanol–water partition coefficient (Wildman–Crippen LogP) is 1.80. The van der Waals surface area contributed by atoms with Gasteiger partial charge in [0.15, 0.2) is 0 Å². The molecule has 0 aromatic heterocycles. The first kappa shape index (κ1) is 9.76. The highest BCUT2D eigenvalue weighted by atomic mass is 15.3. The van der Waals surface area contributed by atoms with Crippen molar-refractivity contribution in [2.45, 2.75) is 6.54 Å². The van der Waals surface area contributed by atoms with E-state index in [0.717, 1.165) is 12.1 Å². The minimum atomic E-state index is 0.409. The lowest BCUT2D eigenvalue weighted by atomic mass is 10.1. The second kappa shape index (κ2) is 3.59. The van der Waals surface area contributed by atoms with Crippen molar-refractivity contribution in [3.8, 4) is 6.07 Å². The van der Waals surface area contributed by atoms with Crippen molar-refractivity contribution < 1.29 is 4.48 Å². The maximum atomic E-state index is 8.58. The summed E-state index contributed by atoms with van der Waals surface area (Å²) < 4.78 is 0.409. The molecule has 0 N–H and O–H groups in total. The van der Waals surface area contributed by atoms with Gasteiger partial charge >= 0.3 is 0 Å². The molecule has 0 bridgehead atoms. The molecule has 0 amide bonds. The molecule has 2 heteroatoms. The third kappa shape index (κ3) is 3.27. The molecule has 0 spiro atoms. The van der Waals surface area contributed by atoms with Crippen LogP contribution in [0.5, 0.6) is 0 Å². The lowest BCUT2D eigenvalue weighted by Crippen LogP contribution is -2.30. The zero-order valence-electron chi connectivity index (χ0n) is 7.99. The smallest absolute Gasteiger partial charge is 0.0991 e. The van der Waals surface area contributed by atoms with E-state index in [1.165, 1.54) is 0 Å². The van der Waals surface area contributed by atoms with E-state index in [9.17, 15) is 0 Å². The minimum absolute atomic E-state index is 0.409. The average Bonchev–Trinajstić information content (AvgIpc) is 2.03. The molecule has 0 unspecified atom stereocenters. The van der Waals surface area contributed by atoms with Gasteiger partial charge in [0, 0.05) is 19.7 Å². The molecule has 0 saturated carbocycles. The number of rotatable bonds is 2. The molecule has 0 fully saturated rings. The van der Waals surface area contributed by atoms with Gasteiger partial charge < -0.3 is 4.48 Å². The molecule has 0 saturated heterocycles. The standard InChI is InChI=1S/C11H13N2/c1-13(2,3)9-11-6-4-10(8-12)5-7-11/h1,4-7H,9H2,2-3H3. The maximum Gasteiger partial charge on any atom is 0.0991 e. The Morgan fingerprint density at radius 1 is 1.31 bits per heavy atom. The molecule has 2 nitrogen and oxygen atoms in total. The van der Waals surface area contributed by atoms with Gasteiger partial charge in [0.25, 0.3) is 0 Å². The zero-order valence-corrected chi connectivity index (χ0v) is 7.99. The van der Waals surface area contributed by atoms with E-state index >= 15 is 0 Å². The summed E-state index contributed by atoms with van der Waals surface area (Å²) in [6.45, 7) is 0.770. The van der Waals surface area contributed by atoms with Gasteiger partial charge in [-0.05, 0) is 12.1 Å². The van der Waals surface area contributed by atoms with Crippen molar-refractivity contribution in [1.29, 1.82) is 5.26 Å². The average molecular weight is 173 g/mol. The maximum absolute atomic E-state index is 8.58. The van der Waals surface area contributed by atoms with Crippen LogP contribution < -0.4 is 0 Å². The van der Waals surface area contributed by atoms with E-state index in [-0.39, 0.29) is 0 Å². The highest BCUT2D eigenvalue weighted by Crippen LogP contribution is 2.08. The van der Waals surface area contributed by atoms with Gasteiger partial charge in [-0.15, -0.1) is 0 Å². The molecule has 0 aliphatic heterocycles. The van der Waals surface area contributed by atoms with Crippen LogP contribution in [-0.4, -0.2) is 18.6 Å². The van der Waals surface area contributed by atoms with Crippen LogP contribution in [0, 0.1) is 18.4 Å². The van der Waals surface area contributed by atoms with Gasteiger partial charge in [-0.2, -0.15) is 5.26 Å². The van der Waals surface area contributed by atoms with E-state index in [1.54, 1.807) is 0 Å². The minimum Gasteiger partial charge on any atom is -0.478 e. The van der Waals surface area contributed by atoms with Crippen LogP contribution in [0.1, 0.15) is 11.1 Å². The topological polar surface area (TPSA) is 23.8 Å². The van der Waals surface area contributed by atoms with E-state index in [1.807, 2.05) is 38.4 Å². The van der Waals surface area contributed by atoms with Gasteiger partial charge in [-0.25, -0.2) is 7.05 Å². The van der Waals surface area contributed by atoms with E-state index in [4.69, 9.17) is 12.3 Å². The highest BCUT2D eigenvalue weighted by Gasteiger charge is 2.01. The van der Waals surface area contributed by atoms with Crippen LogP contribution in [0.15, 0.2) is 24.3 Å². The molecule has 0 aliphatic rings.